The van der Waals surface area contributed by atoms with Crippen molar-refractivity contribution in [3.63, 3.8) is 0 Å². The molecular formula is C10H18. The molecule has 0 saturated heterocycles. The lowest BCUT2D eigenvalue weighted by atomic mass is 9.82. The molecule has 0 amide bonds. The first-order chi connectivity index (χ1) is 4.60. The molecule has 0 heteroatoms. The minimum atomic E-state index is 0.548. The van der Waals surface area contributed by atoms with Gasteiger partial charge in [-0.3, -0.25) is 0 Å². The van der Waals surface area contributed by atoms with Gasteiger partial charge in [0.1, 0.15) is 0 Å². The fourth-order valence-electron chi connectivity index (χ4n) is 1.84. The van der Waals surface area contributed by atoms with Crippen molar-refractivity contribution >= 4 is 0 Å². The normalized spacial score (nSPS) is 31.7. The first-order valence-electron chi connectivity index (χ1n) is 4.25. The molecule has 1 atom stereocenters. The van der Waals surface area contributed by atoms with E-state index >= 15 is 0 Å². The Balaban J connectivity index is 2.57. The molecule has 0 heterocycles. The first kappa shape index (κ1) is 7.84. The van der Waals surface area contributed by atoms with Crippen LogP contribution in [0.1, 0.15) is 40.0 Å². The van der Waals surface area contributed by atoms with Gasteiger partial charge in [-0.15, -0.1) is 0 Å². The molecule has 0 N–H and O–H groups in total. The third kappa shape index (κ3) is 2.17. The van der Waals surface area contributed by atoms with Crippen molar-refractivity contribution < 1.29 is 0 Å². The van der Waals surface area contributed by atoms with E-state index in [0.717, 1.165) is 5.92 Å². The summed E-state index contributed by atoms with van der Waals surface area (Å²) in [5.74, 6) is 0.883. The maximum Gasteiger partial charge on any atom is -0.0299 e. The number of hydrogen-bond donors (Lipinski definition) is 0. The molecule has 1 unspecified atom stereocenters. The third-order valence-electron chi connectivity index (χ3n) is 2.28. The molecule has 10 heavy (non-hydrogen) atoms. The molecule has 1 aliphatic carbocycles. The SMILES string of the molecule is CC1CC=CCC(C)(C)C1. The Morgan fingerprint density at radius 3 is 2.70 bits per heavy atom. The fraction of sp³-hybridized carbons (Fsp3) is 0.800. The van der Waals surface area contributed by atoms with Crippen molar-refractivity contribution in [3.8, 4) is 0 Å². The van der Waals surface area contributed by atoms with Gasteiger partial charge >= 0.3 is 0 Å². The summed E-state index contributed by atoms with van der Waals surface area (Å²) in [6.07, 6.45) is 8.59. The highest BCUT2D eigenvalue weighted by Gasteiger charge is 2.20. The van der Waals surface area contributed by atoms with Gasteiger partial charge in [0.2, 0.25) is 0 Å². The van der Waals surface area contributed by atoms with E-state index in [1.807, 2.05) is 0 Å². The maximum atomic E-state index is 2.36. The fourth-order valence-corrected chi connectivity index (χ4v) is 1.84. The Kier molecular flexibility index (Phi) is 2.18. The highest BCUT2D eigenvalue weighted by Crippen LogP contribution is 2.33. The zero-order valence-electron chi connectivity index (χ0n) is 7.35. The average Bonchev–Trinajstić information content (AvgIpc) is 1.90. The van der Waals surface area contributed by atoms with E-state index < -0.39 is 0 Å². The predicted octanol–water partition coefficient (Wildman–Crippen LogP) is 3.39. The van der Waals surface area contributed by atoms with E-state index in [1.54, 1.807) is 0 Å². The van der Waals surface area contributed by atoms with Crippen molar-refractivity contribution in [3.05, 3.63) is 12.2 Å². The second-order valence-corrected chi connectivity index (χ2v) is 4.38. The van der Waals surface area contributed by atoms with E-state index in [0.29, 0.717) is 5.41 Å². The summed E-state index contributed by atoms with van der Waals surface area (Å²) in [6, 6.07) is 0. The zero-order valence-corrected chi connectivity index (χ0v) is 7.35. The van der Waals surface area contributed by atoms with Gasteiger partial charge in [-0.1, -0.05) is 32.9 Å². The minimum absolute atomic E-state index is 0.548. The molecule has 0 aromatic heterocycles. The molecule has 0 spiro atoms. The molecule has 1 rings (SSSR count). The van der Waals surface area contributed by atoms with Gasteiger partial charge in [0.15, 0.2) is 0 Å². The van der Waals surface area contributed by atoms with Crippen molar-refractivity contribution in [2.45, 2.75) is 40.0 Å². The average molecular weight is 138 g/mol. The van der Waals surface area contributed by atoms with Crippen LogP contribution in [0.5, 0.6) is 0 Å². The summed E-state index contributed by atoms with van der Waals surface area (Å²) in [7, 11) is 0. The van der Waals surface area contributed by atoms with Crippen LogP contribution in [0.2, 0.25) is 0 Å². The van der Waals surface area contributed by atoms with E-state index in [4.69, 9.17) is 0 Å². The van der Waals surface area contributed by atoms with Crippen molar-refractivity contribution in [2.24, 2.45) is 11.3 Å². The van der Waals surface area contributed by atoms with Gasteiger partial charge in [0.05, 0.1) is 0 Å². The molecule has 0 aromatic carbocycles. The second-order valence-electron chi connectivity index (χ2n) is 4.38. The van der Waals surface area contributed by atoms with Crippen LogP contribution in [-0.4, -0.2) is 0 Å². The van der Waals surface area contributed by atoms with Crippen molar-refractivity contribution in [2.75, 3.05) is 0 Å². The molecule has 1 aliphatic rings. The lowest BCUT2D eigenvalue weighted by molar-refractivity contribution is 0.289. The Hall–Kier alpha value is -0.260. The molecule has 0 radical (unpaired) electrons. The summed E-state index contributed by atoms with van der Waals surface area (Å²) in [6.45, 7) is 7.07. The van der Waals surface area contributed by atoms with Gasteiger partial charge in [-0.25, -0.2) is 0 Å². The van der Waals surface area contributed by atoms with Crippen LogP contribution in [-0.2, 0) is 0 Å². The summed E-state index contributed by atoms with van der Waals surface area (Å²) >= 11 is 0. The molecule has 0 fully saturated rings. The second kappa shape index (κ2) is 2.77. The van der Waals surface area contributed by atoms with Crippen LogP contribution in [0.15, 0.2) is 12.2 Å². The van der Waals surface area contributed by atoms with Crippen molar-refractivity contribution in [1.82, 2.24) is 0 Å². The van der Waals surface area contributed by atoms with E-state index in [-0.39, 0.29) is 0 Å². The Morgan fingerprint density at radius 1 is 1.30 bits per heavy atom. The highest BCUT2D eigenvalue weighted by molar-refractivity contribution is 4.93. The lowest BCUT2D eigenvalue weighted by Gasteiger charge is -2.23. The van der Waals surface area contributed by atoms with Gasteiger partial charge in [-0.05, 0) is 30.6 Å². The molecule has 0 aliphatic heterocycles. The minimum Gasteiger partial charge on any atom is -0.0883 e. The van der Waals surface area contributed by atoms with Crippen LogP contribution in [0, 0.1) is 11.3 Å². The van der Waals surface area contributed by atoms with Crippen LogP contribution in [0.25, 0.3) is 0 Å². The topological polar surface area (TPSA) is 0 Å². The van der Waals surface area contributed by atoms with Crippen molar-refractivity contribution in [1.29, 1.82) is 0 Å². The number of hydrogen-bond acceptors (Lipinski definition) is 0. The quantitative estimate of drug-likeness (QED) is 0.450. The summed E-state index contributed by atoms with van der Waals surface area (Å²) in [5, 5.41) is 0. The zero-order chi connectivity index (χ0) is 7.61. The number of allylic oxidation sites excluding steroid dienone is 2. The van der Waals surface area contributed by atoms with E-state index in [1.165, 1.54) is 19.3 Å². The molecule has 0 saturated carbocycles. The lowest BCUT2D eigenvalue weighted by Crippen LogP contribution is -2.12. The Bertz CT molecular complexity index is 131. The molecule has 0 nitrogen and oxygen atoms in total. The first-order valence-corrected chi connectivity index (χ1v) is 4.25. The molecule has 0 bridgehead atoms. The van der Waals surface area contributed by atoms with Gasteiger partial charge in [0, 0.05) is 0 Å². The summed E-state index contributed by atoms with van der Waals surface area (Å²) in [5.41, 5.74) is 0.548. The standard InChI is InChI=1S/C10H18/c1-9-6-4-5-7-10(2,3)8-9/h4-5,9H,6-8H2,1-3H3. The monoisotopic (exact) mass is 138 g/mol. The summed E-state index contributed by atoms with van der Waals surface area (Å²) in [4.78, 5) is 0. The Morgan fingerprint density at radius 2 is 2.00 bits per heavy atom. The van der Waals surface area contributed by atoms with E-state index in [9.17, 15) is 0 Å². The molecule has 58 valence electrons. The van der Waals surface area contributed by atoms with Crippen LogP contribution >= 0.6 is 0 Å². The van der Waals surface area contributed by atoms with E-state index in [2.05, 4.69) is 32.9 Å². The highest BCUT2D eigenvalue weighted by atomic mass is 14.3. The largest absolute Gasteiger partial charge is 0.0883 e. The molecular weight excluding hydrogens is 120 g/mol. The van der Waals surface area contributed by atoms with Crippen LogP contribution in [0.4, 0.5) is 0 Å². The van der Waals surface area contributed by atoms with Gasteiger partial charge < -0.3 is 0 Å². The van der Waals surface area contributed by atoms with Gasteiger partial charge in [-0.2, -0.15) is 0 Å². The number of rotatable bonds is 0. The summed E-state index contributed by atoms with van der Waals surface area (Å²) < 4.78 is 0. The smallest absolute Gasteiger partial charge is 0.0299 e. The van der Waals surface area contributed by atoms with Gasteiger partial charge in [0.25, 0.3) is 0 Å². The third-order valence-corrected chi connectivity index (χ3v) is 2.28. The Labute approximate surface area is 64.3 Å². The van der Waals surface area contributed by atoms with Crippen LogP contribution in [0.3, 0.4) is 0 Å². The maximum absolute atomic E-state index is 2.36. The molecule has 0 aromatic rings. The van der Waals surface area contributed by atoms with Crippen LogP contribution < -0.4 is 0 Å². The predicted molar refractivity (Wildman–Crippen MR) is 45.9 cm³/mol.